The fourth-order valence-corrected chi connectivity index (χ4v) is 2.80. The topological polar surface area (TPSA) is 63.5 Å². The first-order chi connectivity index (χ1) is 11.5. The number of aryl methyl sites for hydroxylation is 2. The van der Waals surface area contributed by atoms with Crippen LogP contribution in [0.3, 0.4) is 0 Å². The van der Waals surface area contributed by atoms with Gasteiger partial charge in [0, 0.05) is 29.8 Å². The van der Waals surface area contributed by atoms with E-state index in [2.05, 4.69) is 0 Å². The highest BCUT2D eigenvalue weighted by atomic mass is 16.6. The van der Waals surface area contributed by atoms with Crippen molar-refractivity contribution in [3.63, 3.8) is 0 Å². The molecule has 3 rings (SSSR count). The summed E-state index contributed by atoms with van der Waals surface area (Å²) in [5.41, 5.74) is 3.35. The van der Waals surface area contributed by atoms with Gasteiger partial charge in [0.15, 0.2) is 0 Å². The molecule has 0 saturated heterocycles. The summed E-state index contributed by atoms with van der Waals surface area (Å²) >= 11 is 0. The predicted octanol–water partition coefficient (Wildman–Crippen LogP) is 4.02. The van der Waals surface area contributed by atoms with Gasteiger partial charge in [-0.15, -0.1) is 0 Å². The molecule has 0 aliphatic heterocycles. The van der Waals surface area contributed by atoms with E-state index in [1.807, 2.05) is 36.1 Å². The average molecular weight is 324 g/mol. The zero-order valence-electron chi connectivity index (χ0n) is 13.9. The Bertz CT molecular complexity index is 780. The molecular formula is C19H20N2O3. The molecule has 0 unspecified atom stereocenters. The molecule has 2 aromatic rings. The Morgan fingerprint density at radius 2 is 1.83 bits per heavy atom. The number of carbonyl (C=O) groups is 1. The van der Waals surface area contributed by atoms with Gasteiger partial charge in [-0.1, -0.05) is 29.8 Å². The number of hydrogen-bond donors (Lipinski definition) is 0. The maximum atomic E-state index is 12.9. The van der Waals surface area contributed by atoms with E-state index in [4.69, 9.17) is 0 Å². The second-order valence-corrected chi connectivity index (χ2v) is 6.41. The monoisotopic (exact) mass is 324 g/mol. The second-order valence-electron chi connectivity index (χ2n) is 6.41. The van der Waals surface area contributed by atoms with Crippen LogP contribution < -0.4 is 0 Å². The number of rotatable bonds is 5. The Labute approximate surface area is 141 Å². The number of nitrogens with zero attached hydrogens (tertiary/aromatic N) is 2. The fraction of sp³-hybridized carbons (Fsp3) is 0.316. The quantitative estimate of drug-likeness (QED) is 0.616. The van der Waals surface area contributed by atoms with Crippen molar-refractivity contribution in [2.24, 2.45) is 0 Å². The van der Waals surface area contributed by atoms with Crippen LogP contribution in [0, 0.1) is 24.0 Å². The predicted molar refractivity (Wildman–Crippen MR) is 91.9 cm³/mol. The molecule has 0 N–H and O–H groups in total. The summed E-state index contributed by atoms with van der Waals surface area (Å²) in [6, 6.07) is 13.0. The van der Waals surface area contributed by atoms with Gasteiger partial charge in [-0.25, -0.2) is 0 Å². The zero-order chi connectivity index (χ0) is 17.3. The van der Waals surface area contributed by atoms with Crippen LogP contribution in [-0.2, 0) is 6.54 Å². The van der Waals surface area contributed by atoms with Crippen LogP contribution in [0.2, 0.25) is 0 Å². The fourth-order valence-electron chi connectivity index (χ4n) is 2.80. The molecule has 1 amide bonds. The van der Waals surface area contributed by atoms with Crippen LogP contribution >= 0.6 is 0 Å². The molecule has 24 heavy (non-hydrogen) atoms. The van der Waals surface area contributed by atoms with Crippen molar-refractivity contribution < 1.29 is 9.72 Å². The van der Waals surface area contributed by atoms with Gasteiger partial charge in [-0.2, -0.15) is 0 Å². The Kier molecular flexibility index (Phi) is 4.34. The number of benzene rings is 2. The molecule has 0 heterocycles. The molecule has 5 heteroatoms. The Morgan fingerprint density at radius 3 is 2.38 bits per heavy atom. The van der Waals surface area contributed by atoms with E-state index in [9.17, 15) is 14.9 Å². The minimum absolute atomic E-state index is 0.0445. The lowest BCUT2D eigenvalue weighted by molar-refractivity contribution is -0.385. The van der Waals surface area contributed by atoms with Crippen LogP contribution in [0.25, 0.3) is 0 Å². The minimum Gasteiger partial charge on any atom is -0.331 e. The van der Waals surface area contributed by atoms with E-state index < -0.39 is 4.92 Å². The Balaban J connectivity index is 1.83. The smallest absolute Gasteiger partial charge is 0.272 e. The summed E-state index contributed by atoms with van der Waals surface area (Å²) in [6.45, 7) is 4.27. The summed E-state index contributed by atoms with van der Waals surface area (Å²) < 4.78 is 0. The van der Waals surface area contributed by atoms with E-state index in [1.54, 1.807) is 19.1 Å². The van der Waals surface area contributed by atoms with Crippen LogP contribution in [0.1, 0.15) is 39.9 Å². The summed E-state index contributed by atoms with van der Waals surface area (Å²) in [6.07, 6.45) is 2.03. The average Bonchev–Trinajstić information content (AvgIpc) is 3.38. The van der Waals surface area contributed by atoms with Crippen LogP contribution in [0.15, 0.2) is 42.5 Å². The lowest BCUT2D eigenvalue weighted by atomic mass is 10.1. The summed E-state index contributed by atoms with van der Waals surface area (Å²) in [7, 11) is 0. The first-order valence-electron chi connectivity index (χ1n) is 8.07. The number of nitro groups is 1. The summed E-state index contributed by atoms with van der Waals surface area (Å²) in [5, 5.41) is 10.9. The SMILES string of the molecule is Cc1ccc(CN(C(=O)c2ccc([N+](=O)[O-])c(C)c2)C2CC2)cc1. The maximum Gasteiger partial charge on any atom is 0.272 e. The van der Waals surface area contributed by atoms with Gasteiger partial charge in [0.1, 0.15) is 0 Å². The van der Waals surface area contributed by atoms with Crippen molar-refractivity contribution in [2.75, 3.05) is 0 Å². The van der Waals surface area contributed by atoms with Crippen molar-refractivity contribution in [1.29, 1.82) is 0 Å². The van der Waals surface area contributed by atoms with E-state index in [0.717, 1.165) is 18.4 Å². The molecule has 1 aliphatic rings. The molecule has 0 radical (unpaired) electrons. The highest BCUT2D eigenvalue weighted by Crippen LogP contribution is 2.30. The van der Waals surface area contributed by atoms with Gasteiger partial charge in [0.05, 0.1) is 4.92 Å². The summed E-state index contributed by atoms with van der Waals surface area (Å²) in [4.78, 5) is 25.3. The van der Waals surface area contributed by atoms with Crippen LogP contribution in [0.4, 0.5) is 5.69 Å². The van der Waals surface area contributed by atoms with Gasteiger partial charge < -0.3 is 4.90 Å². The Morgan fingerprint density at radius 1 is 1.17 bits per heavy atom. The normalized spacial score (nSPS) is 13.6. The largest absolute Gasteiger partial charge is 0.331 e. The molecule has 0 aromatic heterocycles. The van der Waals surface area contributed by atoms with Crippen LogP contribution in [0.5, 0.6) is 0 Å². The van der Waals surface area contributed by atoms with Crippen molar-refractivity contribution in [3.05, 3.63) is 74.8 Å². The number of nitro benzene ring substituents is 1. The molecular weight excluding hydrogens is 304 g/mol. The van der Waals surface area contributed by atoms with Gasteiger partial charge in [-0.05, 0) is 44.4 Å². The van der Waals surface area contributed by atoms with E-state index in [-0.39, 0.29) is 17.6 Å². The molecule has 0 spiro atoms. The van der Waals surface area contributed by atoms with Gasteiger partial charge >= 0.3 is 0 Å². The Hall–Kier alpha value is -2.69. The van der Waals surface area contributed by atoms with Gasteiger partial charge in [0.25, 0.3) is 11.6 Å². The molecule has 1 saturated carbocycles. The van der Waals surface area contributed by atoms with Crippen molar-refractivity contribution in [2.45, 2.75) is 39.3 Å². The van der Waals surface area contributed by atoms with E-state index >= 15 is 0 Å². The maximum absolute atomic E-state index is 12.9. The number of hydrogen-bond acceptors (Lipinski definition) is 3. The minimum atomic E-state index is -0.422. The lowest BCUT2D eigenvalue weighted by Crippen LogP contribution is -2.32. The molecule has 1 fully saturated rings. The first-order valence-corrected chi connectivity index (χ1v) is 8.07. The number of carbonyl (C=O) groups excluding carboxylic acids is 1. The molecule has 0 bridgehead atoms. The highest BCUT2D eigenvalue weighted by molar-refractivity contribution is 5.95. The summed E-state index contributed by atoms with van der Waals surface area (Å²) in [5.74, 6) is -0.0592. The van der Waals surface area contributed by atoms with E-state index in [1.165, 1.54) is 11.6 Å². The van der Waals surface area contributed by atoms with Crippen molar-refractivity contribution in [3.8, 4) is 0 Å². The van der Waals surface area contributed by atoms with Gasteiger partial charge in [-0.3, -0.25) is 14.9 Å². The lowest BCUT2D eigenvalue weighted by Gasteiger charge is -2.23. The molecule has 2 aromatic carbocycles. The third-order valence-corrected chi connectivity index (χ3v) is 4.36. The molecule has 5 nitrogen and oxygen atoms in total. The van der Waals surface area contributed by atoms with Crippen molar-refractivity contribution in [1.82, 2.24) is 4.90 Å². The van der Waals surface area contributed by atoms with Crippen LogP contribution in [-0.4, -0.2) is 21.8 Å². The zero-order valence-corrected chi connectivity index (χ0v) is 13.9. The standard InChI is InChI=1S/C19H20N2O3/c1-13-3-5-15(6-4-13)12-20(17-8-9-17)19(22)16-7-10-18(21(23)24)14(2)11-16/h3-7,10-11,17H,8-9,12H2,1-2H3. The highest BCUT2D eigenvalue weighted by Gasteiger charge is 2.33. The first kappa shape index (κ1) is 16.2. The van der Waals surface area contributed by atoms with Gasteiger partial charge in [0.2, 0.25) is 0 Å². The van der Waals surface area contributed by atoms with E-state index in [0.29, 0.717) is 17.7 Å². The number of amides is 1. The van der Waals surface area contributed by atoms with Crippen molar-refractivity contribution >= 4 is 11.6 Å². The molecule has 1 aliphatic carbocycles. The second kappa shape index (κ2) is 6.43. The third kappa shape index (κ3) is 3.45. The molecule has 124 valence electrons. The third-order valence-electron chi connectivity index (χ3n) is 4.36. The molecule has 0 atom stereocenters.